The van der Waals surface area contributed by atoms with Crippen molar-refractivity contribution >= 4 is 11.6 Å². The lowest BCUT2D eigenvalue weighted by molar-refractivity contribution is 0.0235. The van der Waals surface area contributed by atoms with Crippen molar-refractivity contribution < 1.29 is 14.3 Å². The molecule has 128 valence electrons. The number of nitrogens with one attached hydrogen (secondary N) is 1. The molecule has 2 heterocycles. The molecule has 0 saturated heterocycles. The molecule has 0 radical (unpaired) electrons. The monoisotopic (exact) mass is 340 g/mol. The van der Waals surface area contributed by atoms with E-state index >= 15 is 0 Å². The predicted molar refractivity (Wildman–Crippen MR) is 88.3 cm³/mol. The number of halogens is 1. The van der Waals surface area contributed by atoms with Gasteiger partial charge in [-0.05, 0) is 48.6 Å². The largest absolute Gasteiger partial charge is 0.393 e. The molecule has 0 bridgehead atoms. The number of carbonyl (C=O) groups excluding carboxylic acids is 1. The molecule has 1 aliphatic rings. The number of hydrogen-bond acceptors (Lipinski definition) is 4. The molecule has 0 aliphatic heterocycles. The standard InChI is InChI=1S/C18H17FN4O2/c19-14-3-1-11(2-4-14)17(13-7-15(24)8-13)21-18(25)12-5-6-23-10-20-22-16(23)9-12/h1-6,9-10,13,15,17,24H,7-8H2,(H,21,25). The number of aliphatic hydroxyl groups excluding tert-OH is 1. The molecule has 4 rings (SSSR count). The van der Waals surface area contributed by atoms with Crippen LogP contribution in [0.1, 0.15) is 34.8 Å². The maximum Gasteiger partial charge on any atom is 0.251 e. The normalized spacial score (nSPS) is 20.9. The van der Waals surface area contributed by atoms with Gasteiger partial charge in [0.2, 0.25) is 0 Å². The minimum atomic E-state index is -0.336. The lowest BCUT2D eigenvalue weighted by Gasteiger charge is -2.38. The van der Waals surface area contributed by atoms with E-state index in [2.05, 4.69) is 15.5 Å². The van der Waals surface area contributed by atoms with E-state index < -0.39 is 0 Å². The van der Waals surface area contributed by atoms with Gasteiger partial charge < -0.3 is 10.4 Å². The lowest BCUT2D eigenvalue weighted by atomic mass is 9.75. The van der Waals surface area contributed by atoms with E-state index in [1.54, 1.807) is 41.2 Å². The van der Waals surface area contributed by atoms with Crippen molar-refractivity contribution in [2.75, 3.05) is 0 Å². The van der Waals surface area contributed by atoms with Crippen LogP contribution in [0.2, 0.25) is 0 Å². The first kappa shape index (κ1) is 15.7. The van der Waals surface area contributed by atoms with Crippen LogP contribution in [0.3, 0.4) is 0 Å². The number of rotatable bonds is 4. The second-order valence-corrected chi connectivity index (χ2v) is 6.40. The molecule has 1 aliphatic carbocycles. The molecule has 1 atom stereocenters. The van der Waals surface area contributed by atoms with E-state index in [1.807, 2.05) is 0 Å². The third-order valence-electron chi connectivity index (χ3n) is 4.70. The van der Waals surface area contributed by atoms with Gasteiger partial charge in [0.15, 0.2) is 5.65 Å². The van der Waals surface area contributed by atoms with E-state index in [4.69, 9.17) is 0 Å². The van der Waals surface area contributed by atoms with E-state index in [1.165, 1.54) is 12.1 Å². The molecule has 1 amide bonds. The zero-order chi connectivity index (χ0) is 17.4. The SMILES string of the molecule is O=C(NC(c1ccc(F)cc1)C1CC(O)C1)c1ccn2cnnc2c1. The highest BCUT2D eigenvalue weighted by Crippen LogP contribution is 2.38. The van der Waals surface area contributed by atoms with Gasteiger partial charge in [-0.1, -0.05) is 12.1 Å². The van der Waals surface area contributed by atoms with Crippen LogP contribution in [0, 0.1) is 11.7 Å². The number of amides is 1. The van der Waals surface area contributed by atoms with Crippen LogP contribution in [-0.4, -0.2) is 31.7 Å². The van der Waals surface area contributed by atoms with Crippen LogP contribution in [0.15, 0.2) is 48.9 Å². The molecule has 25 heavy (non-hydrogen) atoms. The Hall–Kier alpha value is -2.80. The number of nitrogens with zero attached hydrogens (tertiary/aromatic N) is 3. The number of benzene rings is 1. The number of hydrogen-bond donors (Lipinski definition) is 2. The zero-order valence-corrected chi connectivity index (χ0v) is 13.3. The quantitative estimate of drug-likeness (QED) is 0.762. The lowest BCUT2D eigenvalue weighted by Crippen LogP contribution is -2.41. The van der Waals surface area contributed by atoms with Gasteiger partial charge in [-0.3, -0.25) is 9.20 Å². The second-order valence-electron chi connectivity index (χ2n) is 6.40. The summed E-state index contributed by atoms with van der Waals surface area (Å²) in [5.74, 6) is -0.429. The van der Waals surface area contributed by atoms with Crippen LogP contribution < -0.4 is 5.32 Å². The second kappa shape index (κ2) is 6.25. The predicted octanol–water partition coefficient (Wildman–Crippen LogP) is 2.11. The zero-order valence-electron chi connectivity index (χ0n) is 13.3. The van der Waals surface area contributed by atoms with Gasteiger partial charge in [0.1, 0.15) is 12.1 Å². The Labute approximate surface area is 143 Å². The molecular weight excluding hydrogens is 323 g/mol. The molecule has 1 aromatic carbocycles. The number of fused-ring (bicyclic) bond motifs is 1. The summed E-state index contributed by atoms with van der Waals surface area (Å²) in [6.07, 6.45) is 4.19. The highest BCUT2D eigenvalue weighted by molar-refractivity contribution is 5.95. The fourth-order valence-corrected chi connectivity index (χ4v) is 3.23. The van der Waals surface area contributed by atoms with Crippen molar-refractivity contribution in [3.8, 4) is 0 Å². The molecule has 1 fully saturated rings. The van der Waals surface area contributed by atoms with Gasteiger partial charge in [0.05, 0.1) is 12.1 Å². The topological polar surface area (TPSA) is 79.5 Å². The van der Waals surface area contributed by atoms with E-state index in [0.717, 1.165) is 5.56 Å². The molecule has 2 N–H and O–H groups in total. The van der Waals surface area contributed by atoms with E-state index in [9.17, 15) is 14.3 Å². The van der Waals surface area contributed by atoms with Gasteiger partial charge in [-0.2, -0.15) is 0 Å². The summed E-state index contributed by atoms with van der Waals surface area (Å²) in [6, 6.07) is 9.20. The molecule has 3 aromatic rings. The number of aliphatic hydroxyl groups is 1. The van der Waals surface area contributed by atoms with Gasteiger partial charge in [0.25, 0.3) is 5.91 Å². The number of carbonyl (C=O) groups is 1. The van der Waals surface area contributed by atoms with E-state index in [0.29, 0.717) is 24.1 Å². The van der Waals surface area contributed by atoms with Crippen molar-refractivity contribution in [3.05, 3.63) is 65.9 Å². The Kier molecular flexibility index (Phi) is 3.93. The molecule has 1 saturated carbocycles. The Balaban J connectivity index is 1.58. The van der Waals surface area contributed by atoms with Gasteiger partial charge in [-0.15, -0.1) is 10.2 Å². The van der Waals surface area contributed by atoms with E-state index in [-0.39, 0.29) is 29.8 Å². The van der Waals surface area contributed by atoms with Crippen molar-refractivity contribution in [1.82, 2.24) is 19.9 Å². The smallest absolute Gasteiger partial charge is 0.251 e. The first-order valence-corrected chi connectivity index (χ1v) is 8.14. The van der Waals surface area contributed by atoms with Crippen molar-refractivity contribution in [2.45, 2.75) is 25.0 Å². The molecular formula is C18H17FN4O2. The van der Waals surface area contributed by atoms with Crippen LogP contribution in [0.5, 0.6) is 0 Å². The Morgan fingerprint density at radius 1 is 1.28 bits per heavy atom. The number of pyridine rings is 1. The fraction of sp³-hybridized carbons (Fsp3) is 0.278. The summed E-state index contributed by atoms with van der Waals surface area (Å²) in [6.45, 7) is 0. The molecule has 1 unspecified atom stereocenters. The third-order valence-corrected chi connectivity index (χ3v) is 4.70. The van der Waals surface area contributed by atoms with Gasteiger partial charge in [0, 0.05) is 11.8 Å². The van der Waals surface area contributed by atoms with Crippen molar-refractivity contribution in [2.24, 2.45) is 5.92 Å². The molecule has 0 spiro atoms. The maximum atomic E-state index is 13.2. The fourth-order valence-electron chi connectivity index (χ4n) is 3.23. The molecule has 6 nitrogen and oxygen atoms in total. The summed E-state index contributed by atoms with van der Waals surface area (Å²) in [5, 5.41) is 20.4. The Morgan fingerprint density at radius 2 is 2.04 bits per heavy atom. The molecule has 2 aromatic heterocycles. The summed E-state index contributed by atoms with van der Waals surface area (Å²) in [5.41, 5.74) is 1.90. The molecule has 7 heteroatoms. The van der Waals surface area contributed by atoms with Crippen LogP contribution in [0.4, 0.5) is 4.39 Å². The summed E-state index contributed by atoms with van der Waals surface area (Å²) < 4.78 is 14.9. The van der Waals surface area contributed by atoms with Crippen LogP contribution >= 0.6 is 0 Å². The first-order chi connectivity index (χ1) is 12.1. The average Bonchev–Trinajstić information content (AvgIpc) is 3.05. The first-order valence-electron chi connectivity index (χ1n) is 8.14. The number of aromatic nitrogens is 3. The summed E-state index contributed by atoms with van der Waals surface area (Å²) in [4.78, 5) is 12.7. The van der Waals surface area contributed by atoms with Gasteiger partial charge in [-0.25, -0.2) is 4.39 Å². The Morgan fingerprint density at radius 3 is 2.76 bits per heavy atom. The highest BCUT2D eigenvalue weighted by atomic mass is 19.1. The van der Waals surface area contributed by atoms with Gasteiger partial charge >= 0.3 is 0 Å². The Bertz CT molecular complexity index is 903. The van der Waals surface area contributed by atoms with Crippen LogP contribution in [0.25, 0.3) is 5.65 Å². The van der Waals surface area contributed by atoms with Crippen molar-refractivity contribution in [3.63, 3.8) is 0 Å². The average molecular weight is 340 g/mol. The van der Waals surface area contributed by atoms with Crippen LogP contribution in [-0.2, 0) is 0 Å². The minimum absolute atomic E-state index is 0.126. The maximum absolute atomic E-state index is 13.2. The summed E-state index contributed by atoms with van der Waals surface area (Å²) >= 11 is 0. The minimum Gasteiger partial charge on any atom is -0.393 e. The summed E-state index contributed by atoms with van der Waals surface area (Å²) in [7, 11) is 0. The third kappa shape index (κ3) is 3.10. The highest BCUT2D eigenvalue weighted by Gasteiger charge is 2.35. The van der Waals surface area contributed by atoms with Crippen molar-refractivity contribution in [1.29, 1.82) is 0 Å².